The van der Waals surface area contributed by atoms with Crippen LogP contribution in [-0.4, -0.2) is 24.1 Å². The molecule has 1 aromatic carbocycles. The van der Waals surface area contributed by atoms with E-state index in [-0.39, 0.29) is 18.2 Å². The number of carbonyl (C=O) groups excluding carboxylic acids is 1. The topological polar surface area (TPSA) is 64.8 Å². The van der Waals surface area contributed by atoms with Crippen molar-refractivity contribution in [1.82, 2.24) is 4.98 Å². The first-order valence-electron chi connectivity index (χ1n) is 7.55. The number of halogens is 1. The first-order chi connectivity index (χ1) is 12.2. The predicted octanol–water partition coefficient (Wildman–Crippen LogP) is 3.96. The van der Waals surface area contributed by atoms with Crippen molar-refractivity contribution < 1.29 is 18.7 Å². The summed E-state index contributed by atoms with van der Waals surface area (Å²) >= 11 is 7.42. The van der Waals surface area contributed by atoms with Crippen molar-refractivity contribution in [2.24, 2.45) is 0 Å². The molecule has 0 unspecified atom stereocenters. The number of carbonyl (C=O) groups is 1. The van der Waals surface area contributed by atoms with Crippen LogP contribution in [0, 0.1) is 0 Å². The average Bonchev–Trinajstić information content (AvgIpc) is 3.28. The van der Waals surface area contributed by atoms with Crippen LogP contribution in [0.15, 0.2) is 53.0 Å². The summed E-state index contributed by atoms with van der Waals surface area (Å²) in [5.74, 6) is 0.458. The Kier molecular flexibility index (Phi) is 4.33. The lowest BCUT2D eigenvalue weighted by Gasteiger charge is -2.22. The number of hydrogen-bond acceptors (Lipinski definition) is 6. The standard InChI is InChI=1S/C17H13ClN2O4S/c18-11-3-4-13-15(8-11)25-17(19-13)20(9-12-2-1-5-23-12)16(21)14-10-22-6-7-24-14/h1-5,8,10H,6-7,9H2. The molecule has 0 aliphatic carbocycles. The number of furan rings is 1. The van der Waals surface area contributed by atoms with Crippen LogP contribution < -0.4 is 4.90 Å². The zero-order valence-corrected chi connectivity index (χ0v) is 14.5. The smallest absolute Gasteiger partial charge is 0.298 e. The van der Waals surface area contributed by atoms with Crippen LogP contribution in [0.3, 0.4) is 0 Å². The molecule has 0 saturated carbocycles. The molecule has 128 valence electrons. The number of anilines is 1. The molecule has 0 N–H and O–H groups in total. The second-order valence-corrected chi connectivity index (χ2v) is 6.73. The fourth-order valence-corrected chi connectivity index (χ4v) is 3.64. The fraction of sp³-hybridized carbons (Fsp3) is 0.176. The molecule has 6 nitrogen and oxygen atoms in total. The van der Waals surface area contributed by atoms with Crippen molar-refractivity contribution in [3.05, 3.63) is 59.4 Å². The van der Waals surface area contributed by atoms with Crippen molar-refractivity contribution in [3.8, 4) is 0 Å². The summed E-state index contributed by atoms with van der Waals surface area (Å²) in [5, 5.41) is 1.16. The number of nitrogens with zero attached hydrogens (tertiary/aromatic N) is 2. The van der Waals surface area contributed by atoms with Crippen molar-refractivity contribution in [1.29, 1.82) is 0 Å². The van der Waals surface area contributed by atoms with Crippen LogP contribution in [0.1, 0.15) is 5.76 Å². The van der Waals surface area contributed by atoms with Crippen molar-refractivity contribution >= 4 is 44.2 Å². The molecule has 8 heteroatoms. The Morgan fingerprint density at radius 2 is 2.24 bits per heavy atom. The summed E-state index contributed by atoms with van der Waals surface area (Å²) in [4.78, 5) is 19.0. The number of fused-ring (bicyclic) bond motifs is 1. The third kappa shape index (κ3) is 3.33. The molecule has 1 aliphatic heterocycles. The minimum Gasteiger partial charge on any atom is -0.494 e. The number of aromatic nitrogens is 1. The van der Waals surface area contributed by atoms with Crippen molar-refractivity contribution in [3.63, 3.8) is 0 Å². The Morgan fingerprint density at radius 3 is 3.00 bits per heavy atom. The zero-order valence-electron chi connectivity index (χ0n) is 13.0. The molecule has 2 aromatic heterocycles. The Bertz CT molecular complexity index is 935. The van der Waals surface area contributed by atoms with Crippen LogP contribution >= 0.6 is 22.9 Å². The van der Waals surface area contributed by atoms with Crippen LogP contribution in [0.25, 0.3) is 10.2 Å². The summed E-state index contributed by atoms with van der Waals surface area (Å²) in [7, 11) is 0. The second kappa shape index (κ2) is 6.78. The molecule has 0 radical (unpaired) electrons. The van der Waals surface area contributed by atoms with E-state index in [4.69, 9.17) is 25.5 Å². The number of benzene rings is 1. The molecular formula is C17H13ClN2O4S. The van der Waals surface area contributed by atoms with Crippen molar-refractivity contribution in [2.75, 3.05) is 18.1 Å². The maximum absolute atomic E-state index is 12.9. The largest absolute Gasteiger partial charge is 0.494 e. The molecule has 1 amide bonds. The normalized spacial score (nSPS) is 13.9. The second-order valence-electron chi connectivity index (χ2n) is 5.28. The van der Waals surface area contributed by atoms with E-state index >= 15 is 0 Å². The average molecular weight is 377 g/mol. The molecule has 25 heavy (non-hydrogen) atoms. The Labute approximate surface area is 152 Å². The number of hydrogen-bond donors (Lipinski definition) is 0. The highest BCUT2D eigenvalue weighted by Gasteiger charge is 2.27. The lowest BCUT2D eigenvalue weighted by Crippen LogP contribution is -2.33. The predicted molar refractivity (Wildman–Crippen MR) is 94.5 cm³/mol. The lowest BCUT2D eigenvalue weighted by atomic mass is 10.3. The summed E-state index contributed by atoms with van der Waals surface area (Å²) in [6.07, 6.45) is 2.90. The lowest BCUT2D eigenvalue weighted by molar-refractivity contribution is -0.120. The van der Waals surface area contributed by atoms with Gasteiger partial charge >= 0.3 is 0 Å². The van der Waals surface area contributed by atoms with Crippen molar-refractivity contribution in [2.45, 2.75) is 6.54 Å². The highest BCUT2D eigenvalue weighted by molar-refractivity contribution is 7.22. The maximum atomic E-state index is 12.9. The van der Waals surface area contributed by atoms with Gasteiger partial charge in [-0.05, 0) is 30.3 Å². The molecule has 0 spiro atoms. The molecule has 3 heterocycles. The number of amides is 1. The van der Waals surface area contributed by atoms with E-state index in [1.54, 1.807) is 24.5 Å². The van der Waals surface area contributed by atoms with E-state index < -0.39 is 0 Å². The van der Waals surface area contributed by atoms with Gasteiger partial charge in [-0.25, -0.2) is 4.98 Å². The van der Waals surface area contributed by atoms with Gasteiger partial charge in [-0.15, -0.1) is 0 Å². The summed E-state index contributed by atoms with van der Waals surface area (Å²) in [5.41, 5.74) is 0.774. The summed E-state index contributed by atoms with van der Waals surface area (Å²) < 4.78 is 16.9. The van der Waals surface area contributed by atoms with Crippen LogP contribution in [-0.2, 0) is 20.8 Å². The third-order valence-electron chi connectivity index (χ3n) is 3.57. The number of ether oxygens (including phenoxy) is 2. The van der Waals surface area contributed by atoms with Crippen LogP contribution in [0.4, 0.5) is 5.13 Å². The molecule has 0 fully saturated rings. The number of thiazole rings is 1. The van der Waals surface area contributed by atoms with Gasteiger partial charge in [-0.3, -0.25) is 9.69 Å². The van der Waals surface area contributed by atoms with Gasteiger partial charge in [0.25, 0.3) is 5.91 Å². The van der Waals surface area contributed by atoms with E-state index in [0.29, 0.717) is 29.1 Å². The summed E-state index contributed by atoms with van der Waals surface area (Å²) in [6.45, 7) is 0.996. The highest BCUT2D eigenvalue weighted by Crippen LogP contribution is 2.32. The molecule has 1 aliphatic rings. The molecule has 4 rings (SSSR count). The Hall–Kier alpha value is -2.51. The minimum atomic E-state index is -0.332. The van der Waals surface area contributed by atoms with Gasteiger partial charge in [-0.2, -0.15) is 0 Å². The van der Waals surface area contributed by atoms with E-state index in [0.717, 1.165) is 10.2 Å². The Morgan fingerprint density at radius 1 is 1.32 bits per heavy atom. The van der Waals surface area contributed by atoms with E-state index in [9.17, 15) is 4.79 Å². The molecule has 0 atom stereocenters. The summed E-state index contributed by atoms with van der Waals surface area (Å²) in [6, 6.07) is 9.00. The maximum Gasteiger partial charge on any atom is 0.298 e. The number of rotatable bonds is 4. The quantitative estimate of drug-likeness (QED) is 0.689. The highest BCUT2D eigenvalue weighted by atomic mass is 35.5. The third-order valence-corrected chi connectivity index (χ3v) is 4.85. The van der Waals surface area contributed by atoms with Gasteiger partial charge in [0.15, 0.2) is 5.13 Å². The minimum absolute atomic E-state index is 0.148. The van der Waals surface area contributed by atoms with E-state index in [2.05, 4.69) is 4.98 Å². The molecule has 0 bridgehead atoms. The monoisotopic (exact) mass is 376 g/mol. The fourth-order valence-electron chi connectivity index (χ4n) is 2.40. The van der Waals surface area contributed by atoms with Gasteiger partial charge in [0.05, 0.1) is 23.0 Å². The molecule has 0 saturated heterocycles. The van der Waals surface area contributed by atoms with Gasteiger partial charge < -0.3 is 13.9 Å². The first kappa shape index (κ1) is 16.0. The first-order valence-corrected chi connectivity index (χ1v) is 8.75. The van der Waals surface area contributed by atoms with E-state index in [1.807, 2.05) is 12.1 Å². The van der Waals surface area contributed by atoms with Gasteiger partial charge in [0.1, 0.15) is 25.2 Å². The molecular weight excluding hydrogens is 364 g/mol. The zero-order chi connectivity index (χ0) is 17.2. The molecule has 3 aromatic rings. The SMILES string of the molecule is O=C(C1=COCCO1)N(Cc1ccco1)c1nc2ccc(Cl)cc2s1. The van der Waals surface area contributed by atoms with Crippen LogP contribution in [0.5, 0.6) is 0 Å². The van der Waals surface area contributed by atoms with Gasteiger partial charge in [-0.1, -0.05) is 22.9 Å². The van der Waals surface area contributed by atoms with Gasteiger partial charge in [0.2, 0.25) is 5.76 Å². The van der Waals surface area contributed by atoms with Crippen LogP contribution in [0.2, 0.25) is 5.02 Å². The van der Waals surface area contributed by atoms with Gasteiger partial charge in [0, 0.05) is 5.02 Å². The van der Waals surface area contributed by atoms with E-state index in [1.165, 1.54) is 22.5 Å². The Balaban J connectivity index is 1.72.